The first kappa shape index (κ1) is 14.4. The molecule has 0 N–H and O–H groups in total. The summed E-state index contributed by atoms with van der Waals surface area (Å²) in [5.74, 6) is -4.62. The molecule has 1 aliphatic carbocycles. The molecule has 108 valence electrons. The summed E-state index contributed by atoms with van der Waals surface area (Å²) in [6.07, 6.45) is -2.12. The number of nitrogens with zero attached hydrogens (tertiary/aromatic N) is 1. The van der Waals surface area contributed by atoms with Gasteiger partial charge in [0.05, 0.1) is 0 Å². The molecule has 1 amide bonds. The van der Waals surface area contributed by atoms with Gasteiger partial charge < -0.3 is 14.8 Å². The third-order valence-corrected chi connectivity index (χ3v) is 3.19. The van der Waals surface area contributed by atoms with Crippen LogP contribution >= 0.6 is 0 Å². The number of rotatable bonds is 1. The van der Waals surface area contributed by atoms with Crippen LogP contribution in [0.3, 0.4) is 0 Å². The minimum atomic E-state index is -3.41. The molecule has 0 saturated carbocycles. The lowest BCUT2D eigenvalue weighted by molar-refractivity contribution is -0.247. The van der Waals surface area contributed by atoms with Gasteiger partial charge in [0.2, 0.25) is 5.78 Å². The summed E-state index contributed by atoms with van der Waals surface area (Å²) in [4.78, 5) is 23.7. The summed E-state index contributed by atoms with van der Waals surface area (Å²) in [5.41, 5.74) is -0.446. The Labute approximate surface area is 115 Å². The van der Waals surface area contributed by atoms with Gasteiger partial charge in [-0.25, -0.2) is 0 Å². The van der Waals surface area contributed by atoms with Crippen LogP contribution in [-0.2, 0) is 6.42 Å². The van der Waals surface area contributed by atoms with Crippen molar-refractivity contribution in [3.8, 4) is 0 Å². The predicted molar refractivity (Wildman–Crippen MR) is 67.1 cm³/mol. The Morgan fingerprint density at radius 1 is 1.35 bits per heavy atom. The van der Waals surface area contributed by atoms with Crippen molar-refractivity contribution >= 4 is 17.6 Å². The molecule has 0 saturated heterocycles. The maximum atomic E-state index is 13.4. The molecule has 6 heteroatoms. The molecular weight excluding hydrogens is 268 g/mol. The Morgan fingerprint density at radius 2 is 1.95 bits per heavy atom. The van der Waals surface area contributed by atoms with Crippen LogP contribution in [-0.4, -0.2) is 23.3 Å². The van der Waals surface area contributed by atoms with E-state index in [1.54, 1.807) is 20.8 Å². The number of hydrogen-bond donors (Lipinski definition) is 0. The lowest BCUT2D eigenvalue weighted by atomic mass is 10.0. The third kappa shape index (κ3) is 2.26. The van der Waals surface area contributed by atoms with E-state index in [1.165, 1.54) is 18.2 Å². The number of ketones is 1. The summed E-state index contributed by atoms with van der Waals surface area (Å²) in [7, 11) is 0. The topological polar surface area (TPSA) is 60.4 Å². The van der Waals surface area contributed by atoms with Gasteiger partial charge in [-0.05, 0) is 44.5 Å². The number of carboxylic acid groups (broad SMARTS) is 1. The number of carbonyl (C=O) groups excluding carboxylic acids is 2. The SMILES string of the molecule is CC(C)(C)N(C(=O)[O-])c1ccc2c(c1)CC(F)(F)C2=O. The Bertz CT molecular complexity index is 591. The molecule has 0 unspecified atom stereocenters. The highest BCUT2D eigenvalue weighted by Crippen LogP contribution is 2.37. The van der Waals surface area contributed by atoms with Gasteiger partial charge in [-0.2, -0.15) is 8.78 Å². The minimum Gasteiger partial charge on any atom is -0.530 e. The summed E-state index contributed by atoms with van der Waals surface area (Å²) >= 11 is 0. The summed E-state index contributed by atoms with van der Waals surface area (Å²) in [6.45, 7) is 4.99. The number of carbonyl (C=O) groups is 2. The number of hydrogen-bond acceptors (Lipinski definition) is 3. The van der Waals surface area contributed by atoms with Gasteiger partial charge >= 0.3 is 5.92 Å². The second-order valence-corrected chi connectivity index (χ2v) is 5.82. The van der Waals surface area contributed by atoms with Gasteiger partial charge in [0.1, 0.15) is 6.09 Å². The molecule has 1 aliphatic rings. The van der Waals surface area contributed by atoms with E-state index in [-0.39, 0.29) is 16.8 Å². The largest absolute Gasteiger partial charge is 0.530 e. The second kappa shape index (κ2) is 4.26. The molecular formula is C14H14F2NO3-. The fourth-order valence-electron chi connectivity index (χ4n) is 2.37. The lowest BCUT2D eigenvalue weighted by Gasteiger charge is -2.38. The van der Waals surface area contributed by atoms with Gasteiger partial charge in [0, 0.05) is 23.2 Å². The molecule has 0 aliphatic heterocycles. The van der Waals surface area contributed by atoms with Crippen molar-refractivity contribution < 1.29 is 23.5 Å². The average molecular weight is 282 g/mol. The third-order valence-electron chi connectivity index (χ3n) is 3.19. The first-order chi connectivity index (χ1) is 9.04. The highest BCUT2D eigenvalue weighted by Gasteiger charge is 2.46. The zero-order valence-corrected chi connectivity index (χ0v) is 11.4. The fraction of sp³-hybridized carbons (Fsp3) is 0.429. The highest BCUT2D eigenvalue weighted by molar-refractivity contribution is 6.06. The van der Waals surface area contributed by atoms with Crippen molar-refractivity contribution in [1.82, 2.24) is 0 Å². The predicted octanol–water partition coefficient (Wildman–Crippen LogP) is 2.01. The Morgan fingerprint density at radius 3 is 2.45 bits per heavy atom. The first-order valence-corrected chi connectivity index (χ1v) is 6.11. The van der Waals surface area contributed by atoms with E-state index in [0.29, 0.717) is 0 Å². The zero-order chi connectivity index (χ0) is 15.3. The standard InChI is InChI=1S/C14H15F2NO3/c1-13(2,3)17(12(19)20)9-4-5-10-8(6-9)7-14(15,16)11(10)18/h4-6H,7H2,1-3H3,(H,19,20)/p-1. The Balaban J connectivity index is 2.48. The molecule has 4 nitrogen and oxygen atoms in total. The van der Waals surface area contributed by atoms with Crippen LogP contribution in [0.2, 0.25) is 0 Å². The highest BCUT2D eigenvalue weighted by atomic mass is 19.3. The molecule has 0 spiro atoms. The molecule has 0 radical (unpaired) electrons. The van der Waals surface area contributed by atoms with Gasteiger partial charge in [-0.3, -0.25) is 4.79 Å². The van der Waals surface area contributed by atoms with Crippen molar-refractivity contribution in [1.29, 1.82) is 0 Å². The molecule has 0 atom stereocenters. The van der Waals surface area contributed by atoms with Crippen molar-refractivity contribution in [3.05, 3.63) is 29.3 Å². The molecule has 0 aromatic heterocycles. The zero-order valence-electron chi connectivity index (χ0n) is 11.4. The quantitative estimate of drug-likeness (QED) is 0.791. The van der Waals surface area contributed by atoms with Crippen molar-refractivity contribution in [2.75, 3.05) is 4.90 Å². The van der Waals surface area contributed by atoms with Crippen LogP contribution in [0.1, 0.15) is 36.7 Å². The summed E-state index contributed by atoms with van der Waals surface area (Å²) in [5, 5.41) is 11.2. The van der Waals surface area contributed by atoms with E-state index in [2.05, 4.69) is 0 Å². The maximum absolute atomic E-state index is 13.4. The molecule has 0 bridgehead atoms. The van der Waals surface area contributed by atoms with Crippen LogP contribution in [0.5, 0.6) is 0 Å². The second-order valence-electron chi connectivity index (χ2n) is 5.82. The van der Waals surface area contributed by atoms with Crippen LogP contribution < -0.4 is 10.0 Å². The average Bonchev–Trinajstić information content (AvgIpc) is 2.46. The molecule has 0 heterocycles. The Hall–Kier alpha value is -1.98. The van der Waals surface area contributed by atoms with Crippen molar-refractivity contribution in [2.45, 2.75) is 38.7 Å². The van der Waals surface area contributed by atoms with Crippen LogP contribution in [0.15, 0.2) is 18.2 Å². The minimum absolute atomic E-state index is 0.0500. The van der Waals surface area contributed by atoms with E-state index >= 15 is 0 Å². The summed E-state index contributed by atoms with van der Waals surface area (Å²) in [6, 6.07) is 3.91. The molecule has 0 fully saturated rings. The van der Waals surface area contributed by atoms with Gasteiger partial charge in [-0.1, -0.05) is 0 Å². The van der Waals surface area contributed by atoms with Crippen LogP contribution in [0, 0.1) is 0 Å². The van der Waals surface area contributed by atoms with Crippen molar-refractivity contribution in [3.63, 3.8) is 0 Å². The van der Waals surface area contributed by atoms with E-state index < -0.39 is 29.8 Å². The normalized spacial score (nSPS) is 16.9. The summed E-state index contributed by atoms with van der Waals surface area (Å²) < 4.78 is 26.7. The van der Waals surface area contributed by atoms with Gasteiger partial charge in [0.25, 0.3) is 0 Å². The molecule has 2 rings (SSSR count). The van der Waals surface area contributed by atoms with E-state index in [1.807, 2.05) is 0 Å². The lowest BCUT2D eigenvalue weighted by Crippen LogP contribution is -2.52. The number of amides is 1. The van der Waals surface area contributed by atoms with Gasteiger partial charge in [-0.15, -0.1) is 0 Å². The number of halogens is 2. The van der Waals surface area contributed by atoms with Crippen molar-refractivity contribution in [2.24, 2.45) is 0 Å². The molecule has 1 aromatic rings. The van der Waals surface area contributed by atoms with E-state index in [9.17, 15) is 23.5 Å². The smallest absolute Gasteiger partial charge is 0.313 e. The van der Waals surface area contributed by atoms with Crippen LogP contribution in [0.25, 0.3) is 0 Å². The van der Waals surface area contributed by atoms with Crippen LogP contribution in [0.4, 0.5) is 19.3 Å². The number of fused-ring (bicyclic) bond motifs is 1. The molecule has 20 heavy (non-hydrogen) atoms. The maximum Gasteiger partial charge on any atom is 0.313 e. The number of Topliss-reactive ketones (excluding diaryl/α,β-unsaturated/α-hetero) is 1. The fourth-order valence-corrected chi connectivity index (χ4v) is 2.37. The number of benzene rings is 1. The Kier molecular flexibility index (Phi) is 3.07. The number of alkyl halides is 2. The van der Waals surface area contributed by atoms with E-state index in [0.717, 1.165) is 4.90 Å². The number of anilines is 1. The van der Waals surface area contributed by atoms with Gasteiger partial charge in [0.15, 0.2) is 0 Å². The first-order valence-electron chi connectivity index (χ1n) is 6.11. The monoisotopic (exact) mass is 282 g/mol. The van der Waals surface area contributed by atoms with E-state index in [4.69, 9.17) is 0 Å². The molecule has 1 aromatic carbocycles.